The lowest BCUT2D eigenvalue weighted by molar-refractivity contribution is 0.100. The average Bonchev–Trinajstić information content (AvgIpc) is 2.85. The molecule has 1 aliphatic rings. The SMILES string of the molecule is NC(=O)c1sc2nc(C3CCN3)nc(-c3ccc(Cl)c(Cl)c3)c2c1N. The van der Waals surface area contributed by atoms with E-state index in [4.69, 9.17) is 39.7 Å². The van der Waals surface area contributed by atoms with Crippen molar-refractivity contribution in [2.24, 2.45) is 5.73 Å². The monoisotopic (exact) mass is 393 g/mol. The molecule has 0 bridgehead atoms. The Morgan fingerprint density at radius 3 is 2.64 bits per heavy atom. The number of carbonyl (C=O) groups excluding carboxylic acids is 1. The number of nitrogens with one attached hydrogen (secondary N) is 1. The predicted octanol–water partition coefficient (Wildman–Crippen LogP) is 3.38. The summed E-state index contributed by atoms with van der Waals surface area (Å²) in [5.74, 6) is 0.0843. The molecule has 25 heavy (non-hydrogen) atoms. The number of benzene rings is 1. The average molecular weight is 394 g/mol. The number of thiophene rings is 1. The molecule has 1 atom stereocenters. The zero-order valence-corrected chi connectivity index (χ0v) is 15.2. The van der Waals surface area contributed by atoms with Crippen molar-refractivity contribution in [2.45, 2.75) is 12.5 Å². The van der Waals surface area contributed by atoms with Gasteiger partial charge >= 0.3 is 0 Å². The molecule has 0 saturated carbocycles. The molecular formula is C16H13Cl2N5OS. The second-order valence-electron chi connectivity index (χ2n) is 5.74. The third kappa shape index (κ3) is 2.73. The number of hydrogen-bond donors (Lipinski definition) is 3. The number of nitrogens with two attached hydrogens (primary N) is 2. The Morgan fingerprint density at radius 2 is 2.04 bits per heavy atom. The molecule has 2 aromatic heterocycles. The summed E-state index contributed by atoms with van der Waals surface area (Å²) in [6.45, 7) is 0.924. The van der Waals surface area contributed by atoms with Crippen molar-refractivity contribution in [2.75, 3.05) is 12.3 Å². The maximum Gasteiger partial charge on any atom is 0.260 e. The summed E-state index contributed by atoms with van der Waals surface area (Å²) >= 11 is 13.4. The fraction of sp³-hybridized carbons (Fsp3) is 0.188. The van der Waals surface area contributed by atoms with Crippen molar-refractivity contribution in [1.29, 1.82) is 0 Å². The third-order valence-corrected chi connectivity index (χ3v) is 6.01. The van der Waals surface area contributed by atoms with Gasteiger partial charge in [0.05, 0.1) is 32.9 Å². The number of fused-ring (bicyclic) bond motifs is 1. The molecule has 3 aromatic rings. The maximum atomic E-state index is 11.7. The van der Waals surface area contributed by atoms with Gasteiger partial charge in [0.1, 0.15) is 15.5 Å². The summed E-state index contributed by atoms with van der Waals surface area (Å²) in [6.07, 6.45) is 0.954. The lowest BCUT2D eigenvalue weighted by Gasteiger charge is -2.26. The second kappa shape index (κ2) is 6.10. The zero-order valence-electron chi connectivity index (χ0n) is 12.8. The predicted molar refractivity (Wildman–Crippen MR) is 101 cm³/mol. The number of nitrogen functional groups attached to an aromatic ring is 1. The Balaban J connectivity index is 2.01. The van der Waals surface area contributed by atoms with Crippen LogP contribution in [0.15, 0.2) is 18.2 Å². The molecular weight excluding hydrogens is 381 g/mol. The van der Waals surface area contributed by atoms with Gasteiger partial charge in [0, 0.05) is 5.56 Å². The van der Waals surface area contributed by atoms with E-state index in [0.717, 1.165) is 18.5 Å². The van der Waals surface area contributed by atoms with Gasteiger partial charge in [0.15, 0.2) is 0 Å². The third-order valence-electron chi connectivity index (χ3n) is 4.16. The fourth-order valence-corrected chi connectivity index (χ4v) is 3.99. The van der Waals surface area contributed by atoms with Crippen molar-refractivity contribution >= 4 is 56.3 Å². The van der Waals surface area contributed by atoms with Crippen LogP contribution in [-0.2, 0) is 0 Å². The molecule has 1 aromatic carbocycles. The molecule has 1 saturated heterocycles. The number of hydrogen-bond acceptors (Lipinski definition) is 6. The topological polar surface area (TPSA) is 107 Å². The highest BCUT2D eigenvalue weighted by Gasteiger charge is 2.26. The lowest BCUT2D eigenvalue weighted by Crippen LogP contribution is -2.36. The molecule has 9 heteroatoms. The molecule has 6 nitrogen and oxygen atoms in total. The van der Waals surface area contributed by atoms with Crippen LogP contribution in [0.5, 0.6) is 0 Å². The van der Waals surface area contributed by atoms with E-state index in [9.17, 15) is 4.79 Å². The summed E-state index contributed by atoms with van der Waals surface area (Å²) < 4.78 is 0. The molecule has 1 aliphatic heterocycles. The number of anilines is 1. The number of nitrogens with zero attached hydrogens (tertiary/aromatic N) is 2. The highest BCUT2D eigenvalue weighted by molar-refractivity contribution is 7.21. The first-order valence-corrected chi connectivity index (χ1v) is 9.11. The fourth-order valence-electron chi connectivity index (χ4n) is 2.74. The van der Waals surface area contributed by atoms with E-state index in [1.165, 1.54) is 11.3 Å². The highest BCUT2D eigenvalue weighted by atomic mass is 35.5. The van der Waals surface area contributed by atoms with Gasteiger partial charge in [-0.1, -0.05) is 29.3 Å². The van der Waals surface area contributed by atoms with Crippen LogP contribution in [0.2, 0.25) is 10.0 Å². The minimum Gasteiger partial charge on any atom is -0.397 e. The van der Waals surface area contributed by atoms with Crippen molar-refractivity contribution < 1.29 is 4.79 Å². The summed E-state index contributed by atoms with van der Waals surface area (Å²) in [7, 11) is 0. The molecule has 5 N–H and O–H groups in total. The van der Waals surface area contributed by atoms with E-state index in [0.29, 0.717) is 37.5 Å². The standard InChI is InChI=1S/C16H13Cl2N5OS/c17-7-2-1-6(5-8(7)18)12-10-11(19)13(14(20)24)25-16(10)23-15(22-12)9-3-4-21-9/h1-2,5,9,21H,3-4,19H2,(H2,20,24). The first-order chi connectivity index (χ1) is 12.0. The quantitative estimate of drug-likeness (QED) is 0.631. The van der Waals surface area contributed by atoms with Gasteiger partial charge in [0.2, 0.25) is 0 Å². The second-order valence-corrected chi connectivity index (χ2v) is 7.56. The van der Waals surface area contributed by atoms with Gasteiger partial charge in [0.25, 0.3) is 5.91 Å². The number of rotatable bonds is 3. The normalized spacial score (nSPS) is 16.8. The highest BCUT2D eigenvalue weighted by Crippen LogP contribution is 2.40. The van der Waals surface area contributed by atoms with Gasteiger partial charge in [-0.15, -0.1) is 11.3 Å². The molecule has 0 spiro atoms. The van der Waals surface area contributed by atoms with Crippen LogP contribution in [-0.4, -0.2) is 22.4 Å². The van der Waals surface area contributed by atoms with Crippen LogP contribution in [0.25, 0.3) is 21.5 Å². The summed E-state index contributed by atoms with van der Waals surface area (Å²) in [5.41, 5.74) is 13.3. The van der Waals surface area contributed by atoms with Crippen LogP contribution < -0.4 is 16.8 Å². The first-order valence-electron chi connectivity index (χ1n) is 7.54. The Labute approximate surface area is 157 Å². The first kappa shape index (κ1) is 16.5. The van der Waals surface area contributed by atoms with Crippen LogP contribution in [0, 0.1) is 0 Å². The number of aromatic nitrogens is 2. The molecule has 3 heterocycles. The summed E-state index contributed by atoms with van der Waals surface area (Å²) in [5, 5.41) is 4.76. The Kier molecular flexibility index (Phi) is 4.04. The molecule has 1 fully saturated rings. The number of carbonyl (C=O) groups is 1. The van der Waals surface area contributed by atoms with Crippen molar-refractivity contribution in [3.05, 3.63) is 38.9 Å². The maximum absolute atomic E-state index is 11.7. The van der Waals surface area contributed by atoms with E-state index in [2.05, 4.69) is 10.3 Å². The van der Waals surface area contributed by atoms with Crippen LogP contribution in [0.1, 0.15) is 28.0 Å². The van der Waals surface area contributed by atoms with Crippen molar-refractivity contribution in [1.82, 2.24) is 15.3 Å². The van der Waals surface area contributed by atoms with Crippen LogP contribution >= 0.6 is 34.5 Å². The van der Waals surface area contributed by atoms with E-state index in [-0.39, 0.29) is 10.9 Å². The van der Waals surface area contributed by atoms with E-state index in [1.54, 1.807) is 12.1 Å². The number of primary amides is 1. The number of halogens is 2. The van der Waals surface area contributed by atoms with Gasteiger partial charge in [-0.2, -0.15) is 0 Å². The Hall–Kier alpha value is -1.93. The summed E-state index contributed by atoms with van der Waals surface area (Å²) in [6, 6.07) is 5.33. The molecule has 0 radical (unpaired) electrons. The molecule has 0 aliphatic carbocycles. The Bertz CT molecular complexity index is 1020. The van der Waals surface area contributed by atoms with E-state index < -0.39 is 5.91 Å². The van der Waals surface area contributed by atoms with Gasteiger partial charge in [-0.25, -0.2) is 9.97 Å². The van der Waals surface area contributed by atoms with Gasteiger partial charge < -0.3 is 16.8 Å². The lowest BCUT2D eigenvalue weighted by atomic mass is 10.0. The van der Waals surface area contributed by atoms with Gasteiger partial charge in [-0.3, -0.25) is 4.79 Å². The Morgan fingerprint density at radius 1 is 1.28 bits per heavy atom. The van der Waals surface area contributed by atoms with E-state index in [1.807, 2.05) is 6.07 Å². The molecule has 4 rings (SSSR count). The minimum absolute atomic E-state index is 0.0891. The van der Waals surface area contributed by atoms with Gasteiger partial charge in [-0.05, 0) is 25.1 Å². The zero-order chi connectivity index (χ0) is 17.7. The smallest absolute Gasteiger partial charge is 0.260 e. The largest absolute Gasteiger partial charge is 0.397 e. The molecule has 1 unspecified atom stereocenters. The van der Waals surface area contributed by atoms with E-state index >= 15 is 0 Å². The van der Waals surface area contributed by atoms with Crippen LogP contribution in [0.3, 0.4) is 0 Å². The van der Waals surface area contributed by atoms with Crippen LogP contribution in [0.4, 0.5) is 5.69 Å². The van der Waals surface area contributed by atoms with Crippen molar-refractivity contribution in [3.63, 3.8) is 0 Å². The number of amides is 1. The summed E-state index contributed by atoms with van der Waals surface area (Å²) in [4.78, 5) is 21.9. The minimum atomic E-state index is -0.580. The van der Waals surface area contributed by atoms with Crippen molar-refractivity contribution in [3.8, 4) is 11.3 Å². The molecule has 1 amide bonds. The molecule has 128 valence electrons.